The number of fused-ring (bicyclic) bond motifs is 1. The fraction of sp³-hybridized carbons (Fsp3) is 0.227. The van der Waals surface area contributed by atoms with Crippen molar-refractivity contribution < 1.29 is 5.11 Å². The molecular formula is C22H20ClN5O2S. The van der Waals surface area contributed by atoms with E-state index < -0.39 is 0 Å². The van der Waals surface area contributed by atoms with Gasteiger partial charge in [-0.15, -0.1) is 10.2 Å². The Hall–Kier alpha value is -2.94. The average Bonchev–Trinajstić information content (AvgIpc) is 3.29. The summed E-state index contributed by atoms with van der Waals surface area (Å²) in [5.74, 6) is -0.0798. The highest BCUT2D eigenvalue weighted by Gasteiger charge is 2.20. The van der Waals surface area contributed by atoms with Crippen molar-refractivity contribution in [2.75, 3.05) is 31.1 Å². The lowest BCUT2D eigenvalue weighted by Gasteiger charge is -2.29. The molecule has 2 aliphatic rings. The van der Waals surface area contributed by atoms with Crippen LogP contribution in [-0.2, 0) is 7.05 Å². The number of hydrogen-bond donors (Lipinski definition) is 2. The van der Waals surface area contributed by atoms with E-state index in [1.807, 2.05) is 6.07 Å². The second kappa shape index (κ2) is 7.96. The Morgan fingerprint density at radius 1 is 1.13 bits per heavy atom. The van der Waals surface area contributed by atoms with Gasteiger partial charge in [0.05, 0.1) is 21.3 Å². The van der Waals surface area contributed by atoms with Gasteiger partial charge < -0.3 is 15.3 Å². The molecule has 3 aromatic rings. The number of rotatable bonds is 3. The maximum Gasteiger partial charge on any atom is 0.310 e. The van der Waals surface area contributed by atoms with Crippen molar-refractivity contribution >= 4 is 46.1 Å². The Bertz CT molecular complexity index is 1270. The van der Waals surface area contributed by atoms with Crippen LogP contribution in [0.15, 0.2) is 51.4 Å². The van der Waals surface area contributed by atoms with Crippen LogP contribution >= 0.6 is 22.9 Å². The molecule has 1 fully saturated rings. The first-order chi connectivity index (χ1) is 15.0. The number of benzene rings is 2. The molecule has 0 aliphatic carbocycles. The highest BCUT2D eigenvalue weighted by Crippen LogP contribution is 2.43. The molecule has 0 amide bonds. The summed E-state index contributed by atoms with van der Waals surface area (Å²) in [7, 11) is 1.53. The number of anilines is 1. The zero-order valence-corrected chi connectivity index (χ0v) is 18.4. The van der Waals surface area contributed by atoms with Crippen molar-refractivity contribution in [2.24, 2.45) is 17.3 Å². The Morgan fingerprint density at radius 2 is 1.87 bits per heavy atom. The molecule has 7 nitrogen and oxygen atoms in total. The second-order valence-electron chi connectivity index (χ2n) is 7.48. The fourth-order valence-electron chi connectivity index (χ4n) is 3.79. The normalized spacial score (nSPS) is 16.8. The Morgan fingerprint density at radius 3 is 2.55 bits per heavy atom. The van der Waals surface area contributed by atoms with Crippen LogP contribution in [0.25, 0.3) is 22.9 Å². The first kappa shape index (κ1) is 20.0. The number of nitrogens with zero attached hydrogens (tertiary/aromatic N) is 4. The summed E-state index contributed by atoms with van der Waals surface area (Å²) in [5.41, 5.74) is 5.15. The standard InChI is InChI=1S/C22H20ClN5O2S/c1-27-21(29)20(31-22(27)30)12-19-16-10-15(17(23)11-18(16)25-26-19)13-2-4-14(5-3-13)28-8-6-24-7-9-28/h2-5,10-12,24,29H,6-9H2,1H3/b19-12-. The topological polar surface area (TPSA) is 82.2 Å². The summed E-state index contributed by atoms with van der Waals surface area (Å²) in [4.78, 5) is 14.4. The van der Waals surface area contributed by atoms with Crippen molar-refractivity contribution in [3.63, 3.8) is 0 Å². The van der Waals surface area contributed by atoms with E-state index in [1.165, 1.54) is 17.3 Å². The molecular weight excluding hydrogens is 434 g/mol. The highest BCUT2D eigenvalue weighted by molar-refractivity contribution is 7.10. The smallest absolute Gasteiger partial charge is 0.310 e. The van der Waals surface area contributed by atoms with E-state index in [0.717, 1.165) is 54.2 Å². The molecule has 5 rings (SSSR count). The minimum absolute atomic E-state index is 0.0798. The van der Waals surface area contributed by atoms with Gasteiger partial charge in [0, 0.05) is 50.0 Å². The lowest BCUT2D eigenvalue weighted by atomic mass is 10.00. The van der Waals surface area contributed by atoms with Gasteiger partial charge in [0.2, 0.25) is 5.88 Å². The number of nitrogens with one attached hydrogen (secondary N) is 1. The molecule has 1 aromatic heterocycles. The number of thiazole rings is 1. The molecule has 0 bridgehead atoms. The maximum absolute atomic E-state index is 11.8. The summed E-state index contributed by atoms with van der Waals surface area (Å²) in [6.45, 7) is 3.97. The average molecular weight is 454 g/mol. The molecule has 3 heterocycles. The lowest BCUT2D eigenvalue weighted by molar-refractivity contribution is 0.428. The predicted octanol–water partition coefficient (Wildman–Crippen LogP) is 4.48. The zero-order chi connectivity index (χ0) is 21.5. The van der Waals surface area contributed by atoms with Crippen molar-refractivity contribution in [1.29, 1.82) is 0 Å². The van der Waals surface area contributed by atoms with E-state index in [2.05, 4.69) is 44.7 Å². The van der Waals surface area contributed by atoms with Gasteiger partial charge in [0.1, 0.15) is 0 Å². The second-order valence-corrected chi connectivity index (χ2v) is 8.88. The van der Waals surface area contributed by atoms with Crippen LogP contribution in [0.4, 0.5) is 11.4 Å². The van der Waals surface area contributed by atoms with Crippen molar-refractivity contribution in [3.8, 4) is 17.0 Å². The third kappa shape index (κ3) is 3.67. The molecule has 2 aliphatic heterocycles. The van der Waals surface area contributed by atoms with Crippen LogP contribution in [-0.4, -0.2) is 35.9 Å². The van der Waals surface area contributed by atoms with E-state index in [0.29, 0.717) is 21.3 Å². The maximum atomic E-state index is 11.8. The summed E-state index contributed by atoms with van der Waals surface area (Å²) >= 11 is 7.53. The third-order valence-electron chi connectivity index (χ3n) is 5.56. The first-order valence-electron chi connectivity index (χ1n) is 9.93. The molecule has 31 heavy (non-hydrogen) atoms. The molecule has 2 aromatic carbocycles. The van der Waals surface area contributed by atoms with E-state index in [4.69, 9.17) is 11.6 Å². The van der Waals surface area contributed by atoms with Gasteiger partial charge in [-0.25, -0.2) is 0 Å². The van der Waals surface area contributed by atoms with E-state index >= 15 is 0 Å². The van der Waals surface area contributed by atoms with E-state index in [9.17, 15) is 9.90 Å². The van der Waals surface area contributed by atoms with Crippen LogP contribution in [0, 0.1) is 0 Å². The largest absolute Gasteiger partial charge is 0.493 e. The van der Waals surface area contributed by atoms with Gasteiger partial charge in [0.15, 0.2) is 0 Å². The molecule has 9 heteroatoms. The van der Waals surface area contributed by atoms with Crippen LogP contribution in [0.1, 0.15) is 10.4 Å². The molecule has 0 radical (unpaired) electrons. The van der Waals surface area contributed by atoms with Gasteiger partial charge in [-0.05, 0) is 35.9 Å². The molecule has 158 valence electrons. The van der Waals surface area contributed by atoms with Gasteiger partial charge in [-0.3, -0.25) is 9.36 Å². The van der Waals surface area contributed by atoms with Crippen molar-refractivity contribution in [1.82, 2.24) is 9.88 Å². The van der Waals surface area contributed by atoms with Gasteiger partial charge in [-0.2, -0.15) is 0 Å². The van der Waals surface area contributed by atoms with Crippen LogP contribution in [0.2, 0.25) is 5.02 Å². The van der Waals surface area contributed by atoms with Gasteiger partial charge in [-0.1, -0.05) is 35.1 Å². The molecule has 0 unspecified atom stereocenters. The van der Waals surface area contributed by atoms with Crippen LogP contribution < -0.4 is 15.1 Å². The number of piperazine rings is 1. The third-order valence-corrected chi connectivity index (χ3v) is 6.85. The number of halogens is 1. The van der Waals surface area contributed by atoms with Gasteiger partial charge >= 0.3 is 4.87 Å². The Kier molecular flexibility index (Phi) is 5.13. The first-order valence-corrected chi connectivity index (χ1v) is 11.1. The minimum atomic E-state index is -0.235. The predicted molar refractivity (Wildman–Crippen MR) is 126 cm³/mol. The van der Waals surface area contributed by atoms with Crippen LogP contribution in [0.3, 0.4) is 0 Å². The summed E-state index contributed by atoms with van der Waals surface area (Å²) in [5, 5.41) is 22.6. The lowest BCUT2D eigenvalue weighted by Crippen LogP contribution is -2.43. The highest BCUT2D eigenvalue weighted by atomic mass is 35.5. The molecule has 1 saturated heterocycles. The molecule has 0 atom stereocenters. The minimum Gasteiger partial charge on any atom is -0.493 e. The zero-order valence-electron chi connectivity index (χ0n) is 16.8. The molecule has 0 spiro atoms. The molecule has 2 N–H and O–H groups in total. The molecule has 0 saturated carbocycles. The monoisotopic (exact) mass is 453 g/mol. The Balaban J connectivity index is 1.50. The van der Waals surface area contributed by atoms with Crippen molar-refractivity contribution in [3.05, 3.63) is 61.5 Å². The summed E-state index contributed by atoms with van der Waals surface area (Å²) in [6, 6.07) is 12.2. The fourth-order valence-corrected chi connectivity index (χ4v) is 4.87. The van der Waals surface area contributed by atoms with Gasteiger partial charge in [0.25, 0.3) is 0 Å². The summed E-state index contributed by atoms with van der Waals surface area (Å²) in [6.07, 6.45) is 1.68. The quantitative estimate of drug-likeness (QED) is 0.612. The van der Waals surface area contributed by atoms with E-state index in [-0.39, 0.29) is 10.8 Å². The van der Waals surface area contributed by atoms with E-state index in [1.54, 1.807) is 12.1 Å². The number of aromatic hydroxyl groups is 1. The number of azo groups is 1. The Labute approximate surface area is 187 Å². The van der Waals surface area contributed by atoms with Crippen molar-refractivity contribution in [2.45, 2.75) is 0 Å². The SMILES string of the molecule is Cn1c(O)c(/C=C2\N=Nc3cc(Cl)c(-c4ccc(N5CCNCC5)cc4)cc32)sc1=O. The number of hydrogen-bond acceptors (Lipinski definition) is 7. The summed E-state index contributed by atoms with van der Waals surface area (Å²) < 4.78 is 1.21. The number of aromatic nitrogens is 1. The van der Waals surface area contributed by atoms with Crippen LogP contribution in [0.5, 0.6) is 5.88 Å².